The van der Waals surface area contributed by atoms with Crippen molar-refractivity contribution in [3.63, 3.8) is 0 Å². The number of nitrogens with zero attached hydrogens (tertiary/aromatic N) is 4. The van der Waals surface area contributed by atoms with Crippen LogP contribution in [0.3, 0.4) is 0 Å². The van der Waals surface area contributed by atoms with Crippen molar-refractivity contribution in [2.75, 3.05) is 0 Å². The van der Waals surface area contributed by atoms with E-state index in [1.54, 1.807) is 0 Å². The van der Waals surface area contributed by atoms with Gasteiger partial charge in [-0.1, -0.05) is 188 Å². The van der Waals surface area contributed by atoms with Crippen LogP contribution >= 0.6 is 0 Å². The second-order valence-corrected chi connectivity index (χ2v) is 14.8. The minimum absolute atomic E-state index is 0.619. The van der Waals surface area contributed by atoms with Crippen LogP contribution in [0.2, 0.25) is 0 Å². The zero-order chi connectivity index (χ0) is 39.1. The van der Waals surface area contributed by atoms with Gasteiger partial charge in [0.1, 0.15) is 0 Å². The predicted octanol–water partition coefficient (Wildman–Crippen LogP) is 14.1. The van der Waals surface area contributed by atoms with Crippen LogP contribution in [0.1, 0.15) is 0 Å². The average molecular weight is 753 g/mol. The summed E-state index contributed by atoms with van der Waals surface area (Å²) >= 11 is 0. The summed E-state index contributed by atoms with van der Waals surface area (Å²) in [4.78, 5) is 15.3. The van der Waals surface area contributed by atoms with Gasteiger partial charge in [-0.15, -0.1) is 0 Å². The van der Waals surface area contributed by atoms with Crippen LogP contribution in [-0.4, -0.2) is 19.5 Å². The lowest BCUT2D eigenvalue weighted by Crippen LogP contribution is -2.01. The minimum atomic E-state index is 0.619. The summed E-state index contributed by atoms with van der Waals surface area (Å²) in [6.07, 6.45) is 0. The molecular weight excluding hydrogens is 717 g/mol. The molecule has 0 saturated heterocycles. The molecular formula is C55H36N4. The van der Waals surface area contributed by atoms with Gasteiger partial charge in [0, 0.05) is 33.2 Å². The summed E-state index contributed by atoms with van der Waals surface area (Å²) in [5.41, 5.74) is 13.2. The lowest BCUT2D eigenvalue weighted by Gasteiger charge is -2.13. The molecule has 2 heterocycles. The smallest absolute Gasteiger partial charge is 0.164 e. The Morgan fingerprint density at radius 1 is 0.288 bits per heavy atom. The summed E-state index contributed by atoms with van der Waals surface area (Å²) in [6, 6.07) is 77.0. The summed E-state index contributed by atoms with van der Waals surface area (Å²) in [6.45, 7) is 0. The van der Waals surface area contributed by atoms with Gasteiger partial charge >= 0.3 is 0 Å². The van der Waals surface area contributed by atoms with Gasteiger partial charge in [0.15, 0.2) is 17.5 Å². The highest BCUT2D eigenvalue weighted by atomic mass is 15.0. The van der Waals surface area contributed by atoms with Crippen LogP contribution < -0.4 is 0 Å². The normalized spacial score (nSPS) is 11.4. The Morgan fingerprint density at radius 2 is 0.763 bits per heavy atom. The van der Waals surface area contributed by atoms with Crippen LogP contribution in [-0.2, 0) is 0 Å². The molecule has 2 aromatic heterocycles. The third-order valence-electron chi connectivity index (χ3n) is 11.3. The molecule has 0 unspecified atom stereocenters. The fourth-order valence-electron chi connectivity index (χ4n) is 8.43. The molecule has 11 aromatic rings. The fraction of sp³-hybridized carbons (Fsp3) is 0. The molecule has 4 heteroatoms. The van der Waals surface area contributed by atoms with Crippen molar-refractivity contribution in [1.29, 1.82) is 0 Å². The lowest BCUT2D eigenvalue weighted by molar-refractivity contribution is 1.07. The number of fused-ring (bicyclic) bond motifs is 4. The number of hydrogen-bond acceptors (Lipinski definition) is 3. The first-order chi connectivity index (χ1) is 29.2. The average Bonchev–Trinajstić information content (AvgIpc) is 3.66. The SMILES string of the molecule is c1ccc(-c2ccc3c(c2)c2ccccc2n3-c2cccc(-c3nc(-c4ccccc4)nc(-c4ccc(-c5cccc6cccc(-c7ccccc7)c56)cc4)n3)c2)cc1. The Hall–Kier alpha value is -7.95. The summed E-state index contributed by atoms with van der Waals surface area (Å²) < 4.78 is 2.35. The third kappa shape index (κ3) is 6.24. The highest BCUT2D eigenvalue weighted by Crippen LogP contribution is 2.38. The summed E-state index contributed by atoms with van der Waals surface area (Å²) in [5.74, 6) is 1.87. The molecule has 0 aliphatic heterocycles. The van der Waals surface area contributed by atoms with Crippen molar-refractivity contribution in [2.45, 2.75) is 0 Å². The number of para-hydroxylation sites is 1. The van der Waals surface area contributed by atoms with Crippen LogP contribution in [0.25, 0.3) is 106 Å². The van der Waals surface area contributed by atoms with E-state index < -0.39 is 0 Å². The van der Waals surface area contributed by atoms with Crippen LogP contribution in [0, 0.1) is 0 Å². The highest BCUT2D eigenvalue weighted by Gasteiger charge is 2.17. The van der Waals surface area contributed by atoms with Gasteiger partial charge in [0.2, 0.25) is 0 Å². The summed E-state index contributed by atoms with van der Waals surface area (Å²) in [5, 5.41) is 4.87. The zero-order valence-electron chi connectivity index (χ0n) is 32.1. The molecule has 0 fully saturated rings. The molecule has 0 spiro atoms. The zero-order valence-corrected chi connectivity index (χ0v) is 32.1. The first kappa shape index (κ1) is 34.3. The van der Waals surface area contributed by atoms with Crippen molar-refractivity contribution in [3.05, 3.63) is 218 Å². The topological polar surface area (TPSA) is 43.6 Å². The lowest BCUT2D eigenvalue weighted by atomic mass is 9.91. The number of benzene rings is 9. The molecule has 0 bridgehead atoms. The number of aromatic nitrogens is 4. The highest BCUT2D eigenvalue weighted by molar-refractivity contribution is 6.10. The maximum atomic E-state index is 5.17. The Balaban J connectivity index is 1.02. The maximum Gasteiger partial charge on any atom is 0.164 e. The van der Waals surface area contributed by atoms with Crippen molar-refractivity contribution in [3.8, 4) is 73.2 Å². The first-order valence-electron chi connectivity index (χ1n) is 19.9. The second kappa shape index (κ2) is 14.5. The minimum Gasteiger partial charge on any atom is -0.309 e. The van der Waals surface area contributed by atoms with Gasteiger partial charge < -0.3 is 4.57 Å². The van der Waals surface area contributed by atoms with E-state index in [0.717, 1.165) is 39.0 Å². The van der Waals surface area contributed by atoms with Crippen molar-refractivity contribution in [1.82, 2.24) is 19.5 Å². The van der Waals surface area contributed by atoms with Crippen molar-refractivity contribution < 1.29 is 0 Å². The van der Waals surface area contributed by atoms with E-state index in [1.165, 1.54) is 49.4 Å². The Morgan fingerprint density at radius 3 is 1.44 bits per heavy atom. The van der Waals surface area contributed by atoms with Gasteiger partial charge in [-0.2, -0.15) is 0 Å². The van der Waals surface area contributed by atoms with E-state index in [1.807, 2.05) is 18.2 Å². The molecule has 4 nitrogen and oxygen atoms in total. The molecule has 0 saturated carbocycles. The van der Waals surface area contributed by atoms with Crippen LogP contribution in [0.15, 0.2) is 218 Å². The van der Waals surface area contributed by atoms with E-state index >= 15 is 0 Å². The fourth-order valence-corrected chi connectivity index (χ4v) is 8.43. The first-order valence-corrected chi connectivity index (χ1v) is 19.9. The predicted molar refractivity (Wildman–Crippen MR) is 244 cm³/mol. The molecule has 0 aliphatic carbocycles. The molecule has 0 N–H and O–H groups in total. The largest absolute Gasteiger partial charge is 0.309 e. The quantitative estimate of drug-likeness (QED) is 0.163. The molecule has 0 amide bonds. The van der Waals surface area contributed by atoms with Crippen LogP contribution in [0.5, 0.6) is 0 Å². The molecule has 0 radical (unpaired) electrons. The Kier molecular flexibility index (Phi) is 8.45. The van der Waals surface area contributed by atoms with Gasteiger partial charge in [-0.3, -0.25) is 0 Å². The molecule has 59 heavy (non-hydrogen) atoms. The van der Waals surface area contributed by atoms with E-state index in [-0.39, 0.29) is 0 Å². The monoisotopic (exact) mass is 752 g/mol. The van der Waals surface area contributed by atoms with Gasteiger partial charge in [0.05, 0.1) is 11.0 Å². The van der Waals surface area contributed by atoms with E-state index in [9.17, 15) is 0 Å². The van der Waals surface area contributed by atoms with Crippen LogP contribution in [0.4, 0.5) is 0 Å². The number of rotatable bonds is 7. The van der Waals surface area contributed by atoms with E-state index in [2.05, 4.69) is 205 Å². The molecule has 9 aromatic carbocycles. The molecule has 0 atom stereocenters. The third-order valence-corrected chi connectivity index (χ3v) is 11.3. The second-order valence-electron chi connectivity index (χ2n) is 14.8. The summed E-state index contributed by atoms with van der Waals surface area (Å²) in [7, 11) is 0. The van der Waals surface area contributed by atoms with Gasteiger partial charge in [0.25, 0.3) is 0 Å². The van der Waals surface area contributed by atoms with E-state index in [4.69, 9.17) is 15.0 Å². The van der Waals surface area contributed by atoms with Crippen molar-refractivity contribution in [2.24, 2.45) is 0 Å². The Bertz CT molecular complexity index is 3290. The van der Waals surface area contributed by atoms with E-state index in [0.29, 0.717) is 17.5 Å². The molecule has 0 aliphatic rings. The maximum absolute atomic E-state index is 5.17. The number of hydrogen-bond donors (Lipinski definition) is 0. The molecule has 11 rings (SSSR count). The van der Waals surface area contributed by atoms with Gasteiger partial charge in [-0.05, 0) is 74.5 Å². The Labute approximate surface area is 342 Å². The van der Waals surface area contributed by atoms with Crippen molar-refractivity contribution >= 4 is 32.6 Å². The standard InChI is InChI=1S/C55H36N4/c1-4-15-37(16-5-1)43-33-34-51-49(36-43)48-25-10-11-28-50(48)59(51)45-24-12-23-44(35-45)55-57-53(41-19-8-3-9-20-41)56-54(58-55)42-31-29-39(30-32-42)47-27-14-22-40-21-13-26-46(52(40)47)38-17-6-2-7-18-38/h1-36H. The molecule has 276 valence electrons. The van der Waals surface area contributed by atoms with Gasteiger partial charge in [-0.25, -0.2) is 15.0 Å².